The molecule has 0 aromatic heterocycles. The van der Waals surface area contributed by atoms with Crippen molar-refractivity contribution in [3.63, 3.8) is 0 Å². The maximum atomic E-state index is 12.2. The van der Waals surface area contributed by atoms with Crippen LogP contribution in [0.15, 0.2) is 0 Å². The van der Waals surface area contributed by atoms with Crippen LogP contribution in [-0.4, -0.2) is 29.6 Å². The molecule has 1 amide bonds. The number of nitrogens with zero attached hydrogens (tertiary/aromatic N) is 1. The van der Waals surface area contributed by atoms with Gasteiger partial charge >= 0.3 is 0 Å². The van der Waals surface area contributed by atoms with Gasteiger partial charge in [0, 0.05) is 19.5 Å². The number of carbonyl (C=O) groups excluding carboxylic acids is 1. The minimum atomic E-state index is 0.239. The first kappa shape index (κ1) is 16.9. The van der Waals surface area contributed by atoms with Crippen molar-refractivity contribution in [1.29, 1.82) is 0 Å². The lowest BCUT2D eigenvalue weighted by Crippen LogP contribution is -2.40. The van der Waals surface area contributed by atoms with Gasteiger partial charge in [-0.15, -0.1) is 0 Å². The van der Waals surface area contributed by atoms with Crippen molar-refractivity contribution in [2.45, 2.75) is 65.7 Å². The minimum Gasteiger partial charge on any atom is -0.342 e. The predicted molar refractivity (Wildman–Crippen MR) is 85.7 cm³/mol. The Labute approximate surface area is 124 Å². The monoisotopic (exact) mass is 285 g/mol. The third-order valence-corrected chi connectivity index (χ3v) is 5.08. The molecule has 0 saturated carbocycles. The number of carbonyl (C=O) groups is 1. The van der Waals surface area contributed by atoms with Crippen molar-refractivity contribution in [2.24, 2.45) is 11.3 Å². The molecular formula is C16H31NOS. The Kier molecular flexibility index (Phi) is 7.27. The molecule has 0 radical (unpaired) electrons. The maximum absolute atomic E-state index is 12.2. The van der Waals surface area contributed by atoms with E-state index in [0.717, 1.165) is 25.3 Å². The SMILES string of the molecule is CCCC1CC(=O)N(CC(CS)(CCC)CCC)C1. The second-order valence-electron chi connectivity index (χ2n) is 6.29. The van der Waals surface area contributed by atoms with Gasteiger partial charge in [0.15, 0.2) is 0 Å². The van der Waals surface area contributed by atoms with Gasteiger partial charge in [-0.2, -0.15) is 12.6 Å². The molecule has 1 fully saturated rings. The van der Waals surface area contributed by atoms with Gasteiger partial charge in [-0.05, 0) is 36.3 Å². The Bertz CT molecular complexity index is 274. The Hall–Kier alpha value is -0.180. The molecule has 0 aromatic carbocycles. The standard InChI is InChI=1S/C16H31NOS/c1-4-7-14-10-15(18)17(11-14)12-16(13-19,8-5-2)9-6-3/h14,19H,4-13H2,1-3H3. The molecule has 1 heterocycles. The van der Waals surface area contributed by atoms with Gasteiger partial charge in [-0.1, -0.05) is 40.0 Å². The molecule has 0 aromatic rings. The normalized spacial score (nSPS) is 20.3. The van der Waals surface area contributed by atoms with E-state index < -0.39 is 0 Å². The van der Waals surface area contributed by atoms with Crippen LogP contribution in [0.25, 0.3) is 0 Å². The van der Waals surface area contributed by atoms with Crippen LogP contribution < -0.4 is 0 Å². The zero-order valence-corrected chi connectivity index (χ0v) is 13.8. The van der Waals surface area contributed by atoms with E-state index in [9.17, 15) is 4.79 Å². The minimum absolute atomic E-state index is 0.239. The maximum Gasteiger partial charge on any atom is 0.222 e. The third kappa shape index (κ3) is 4.70. The zero-order valence-electron chi connectivity index (χ0n) is 13.0. The van der Waals surface area contributed by atoms with Gasteiger partial charge in [0.25, 0.3) is 0 Å². The Balaban J connectivity index is 2.65. The smallest absolute Gasteiger partial charge is 0.222 e. The number of thiol groups is 1. The third-order valence-electron chi connectivity index (χ3n) is 4.41. The van der Waals surface area contributed by atoms with E-state index in [0.29, 0.717) is 11.8 Å². The van der Waals surface area contributed by atoms with E-state index in [1.807, 2.05) is 0 Å². The molecule has 1 saturated heterocycles. The van der Waals surface area contributed by atoms with Crippen molar-refractivity contribution < 1.29 is 4.79 Å². The predicted octanol–water partition coefficient (Wildman–Crippen LogP) is 4.15. The molecule has 0 N–H and O–H groups in total. The first-order valence-corrected chi connectivity index (χ1v) is 8.62. The van der Waals surface area contributed by atoms with Crippen molar-refractivity contribution >= 4 is 18.5 Å². The molecule has 1 aliphatic heterocycles. The molecule has 2 nitrogen and oxygen atoms in total. The Morgan fingerprint density at radius 1 is 1.21 bits per heavy atom. The van der Waals surface area contributed by atoms with Gasteiger partial charge in [0.05, 0.1) is 0 Å². The van der Waals surface area contributed by atoms with Crippen LogP contribution in [0.4, 0.5) is 0 Å². The molecular weight excluding hydrogens is 254 g/mol. The van der Waals surface area contributed by atoms with Gasteiger partial charge in [-0.25, -0.2) is 0 Å². The fourth-order valence-corrected chi connectivity index (χ4v) is 3.98. The van der Waals surface area contributed by atoms with E-state index in [1.165, 1.54) is 38.5 Å². The fraction of sp³-hybridized carbons (Fsp3) is 0.938. The van der Waals surface area contributed by atoms with Crippen molar-refractivity contribution in [2.75, 3.05) is 18.8 Å². The van der Waals surface area contributed by atoms with Crippen LogP contribution in [0.1, 0.15) is 65.7 Å². The highest BCUT2D eigenvalue weighted by Gasteiger charge is 2.36. The number of hydrogen-bond donors (Lipinski definition) is 1. The van der Waals surface area contributed by atoms with Crippen molar-refractivity contribution in [3.8, 4) is 0 Å². The van der Waals surface area contributed by atoms with E-state index in [4.69, 9.17) is 0 Å². The molecule has 0 spiro atoms. The average Bonchev–Trinajstić information content (AvgIpc) is 2.70. The van der Waals surface area contributed by atoms with Gasteiger partial charge in [-0.3, -0.25) is 4.79 Å². The summed E-state index contributed by atoms with van der Waals surface area (Å²) < 4.78 is 0. The van der Waals surface area contributed by atoms with Crippen LogP contribution >= 0.6 is 12.6 Å². The second-order valence-corrected chi connectivity index (χ2v) is 6.61. The summed E-state index contributed by atoms with van der Waals surface area (Å²) in [7, 11) is 0. The van der Waals surface area contributed by atoms with Gasteiger partial charge < -0.3 is 4.90 Å². The van der Waals surface area contributed by atoms with Crippen molar-refractivity contribution in [3.05, 3.63) is 0 Å². The molecule has 0 aliphatic carbocycles. The first-order valence-electron chi connectivity index (χ1n) is 7.99. The second kappa shape index (κ2) is 8.18. The van der Waals surface area contributed by atoms with Crippen LogP contribution in [0.5, 0.6) is 0 Å². The highest BCUT2D eigenvalue weighted by Crippen LogP contribution is 2.35. The highest BCUT2D eigenvalue weighted by atomic mass is 32.1. The summed E-state index contributed by atoms with van der Waals surface area (Å²) in [5.41, 5.74) is 0.239. The lowest BCUT2D eigenvalue weighted by atomic mass is 9.80. The fourth-order valence-electron chi connectivity index (χ4n) is 3.57. The lowest BCUT2D eigenvalue weighted by Gasteiger charge is -2.36. The van der Waals surface area contributed by atoms with E-state index >= 15 is 0 Å². The number of rotatable bonds is 9. The highest BCUT2D eigenvalue weighted by molar-refractivity contribution is 7.80. The molecule has 1 atom stereocenters. The number of likely N-dealkylation sites (tertiary alicyclic amines) is 1. The zero-order chi connectivity index (χ0) is 14.3. The summed E-state index contributed by atoms with van der Waals surface area (Å²) in [6.45, 7) is 8.59. The van der Waals surface area contributed by atoms with Gasteiger partial charge in [0.1, 0.15) is 0 Å². The van der Waals surface area contributed by atoms with Crippen molar-refractivity contribution in [1.82, 2.24) is 4.90 Å². The lowest BCUT2D eigenvalue weighted by molar-refractivity contribution is -0.129. The molecule has 1 aliphatic rings. The average molecular weight is 285 g/mol. The quantitative estimate of drug-likeness (QED) is 0.631. The molecule has 3 heteroatoms. The van der Waals surface area contributed by atoms with E-state index in [-0.39, 0.29) is 5.41 Å². The summed E-state index contributed by atoms with van der Waals surface area (Å²) in [4.78, 5) is 14.3. The molecule has 0 bridgehead atoms. The topological polar surface area (TPSA) is 20.3 Å². The first-order chi connectivity index (χ1) is 9.10. The molecule has 19 heavy (non-hydrogen) atoms. The largest absolute Gasteiger partial charge is 0.342 e. The Morgan fingerprint density at radius 2 is 1.84 bits per heavy atom. The summed E-state index contributed by atoms with van der Waals surface area (Å²) >= 11 is 4.60. The van der Waals surface area contributed by atoms with E-state index in [1.54, 1.807) is 0 Å². The Morgan fingerprint density at radius 3 is 2.32 bits per heavy atom. The van der Waals surface area contributed by atoms with E-state index in [2.05, 4.69) is 38.3 Å². The summed E-state index contributed by atoms with van der Waals surface area (Å²) in [5.74, 6) is 1.87. The summed E-state index contributed by atoms with van der Waals surface area (Å²) in [5, 5.41) is 0. The summed E-state index contributed by atoms with van der Waals surface area (Å²) in [6, 6.07) is 0. The van der Waals surface area contributed by atoms with Crippen LogP contribution in [0.2, 0.25) is 0 Å². The van der Waals surface area contributed by atoms with Crippen LogP contribution in [0, 0.1) is 11.3 Å². The molecule has 112 valence electrons. The number of hydrogen-bond acceptors (Lipinski definition) is 2. The summed E-state index contributed by atoms with van der Waals surface area (Å²) in [6.07, 6.45) is 7.89. The van der Waals surface area contributed by atoms with Gasteiger partial charge in [0.2, 0.25) is 5.91 Å². The molecule has 1 rings (SSSR count). The molecule has 1 unspecified atom stereocenters. The number of amides is 1. The van der Waals surface area contributed by atoms with Crippen LogP contribution in [-0.2, 0) is 4.79 Å². The van der Waals surface area contributed by atoms with Crippen LogP contribution in [0.3, 0.4) is 0 Å².